The molecule has 0 saturated carbocycles. The van der Waals surface area contributed by atoms with Crippen LogP contribution >= 0.6 is 0 Å². The van der Waals surface area contributed by atoms with Crippen LogP contribution in [0.1, 0.15) is 18.5 Å². The van der Waals surface area contributed by atoms with Crippen LogP contribution in [0.25, 0.3) is 16.5 Å². The van der Waals surface area contributed by atoms with E-state index in [1.54, 1.807) is 16.4 Å². The summed E-state index contributed by atoms with van der Waals surface area (Å²) in [7, 11) is -3.53. The van der Waals surface area contributed by atoms with Gasteiger partial charge in [-0.2, -0.15) is 4.31 Å². The molecule has 3 aromatic carbocycles. The van der Waals surface area contributed by atoms with Crippen LogP contribution in [0.3, 0.4) is 0 Å². The molecule has 1 N–H and O–H groups in total. The lowest BCUT2D eigenvalue weighted by Gasteiger charge is -2.45. The number of benzene rings is 3. The summed E-state index contributed by atoms with van der Waals surface area (Å²) in [6.07, 6.45) is 3.53. The van der Waals surface area contributed by atoms with Crippen molar-refractivity contribution in [3.8, 4) is 5.69 Å². The number of sulfonamides is 1. The number of hydrogen-bond acceptors (Lipinski definition) is 3. The molecule has 0 aliphatic carbocycles. The monoisotopic (exact) mass is 429 g/mol. The molecule has 5 nitrogen and oxygen atoms in total. The van der Waals surface area contributed by atoms with Crippen LogP contribution in [0.4, 0.5) is 5.69 Å². The minimum Gasteiger partial charge on any atom is -0.372 e. The minimum atomic E-state index is -3.53. The number of piperidine rings is 1. The number of rotatable bonds is 2. The summed E-state index contributed by atoms with van der Waals surface area (Å²) >= 11 is 0. The molecule has 2 aliphatic rings. The first kappa shape index (κ1) is 18.7. The summed E-state index contributed by atoms with van der Waals surface area (Å²) in [6, 6.07) is 25.8. The summed E-state index contributed by atoms with van der Waals surface area (Å²) in [6.45, 7) is 0.963. The van der Waals surface area contributed by atoms with Crippen molar-refractivity contribution in [1.29, 1.82) is 0 Å². The van der Waals surface area contributed by atoms with Gasteiger partial charge in [-0.05, 0) is 60.0 Å². The number of anilines is 1. The summed E-state index contributed by atoms with van der Waals surface area (Å²) in [5, 5.41) is 5.74. The Balaban J connectivity index is 1.31. The van der Waals surface area contributed by atoms with E-state index < -0.39 is 10.0 Å². The SMILES string of the molecule is O=S(=O)(c1ccc2ccccc2c1)N1CCC2(CC1)Nc1ccccc1-n1cccc12. The molecule has 0 atom stereocenters. The van der Waals surface area contributed by atoms with Crippen LogP contribution in [-0.2, 0) is 15.6 Å². The van der Waals surface area contributed by atoms with E-state index in [0.29, 0.717) is 18.0 Å². The van der Waals surface area contributed by atoms with Crippen molar-refractivity contribution < 1.29 is 8.42 Å². The van der Waals surface area contributed by atoms with Gasteiger partial charge in [-0.1, -0.05) is 42.5 Å². The Kier molecular flexibility index (Phi) is 4.04. The van der Waals surface area contributed by atoms with E-state index in [1.807, 2.05) is 42.5 Å². The highest BCUT2D eigenvalue weighted by Crippen LogP contribution is 2.44. The Labute approximate surface area is 182 Å². The Hall–Kier alpha value is -3.09. The molecule has 0 bridgehead atoms. The van der Waals surface area contributed by atoms with Crippen molar-refractivity contribution >= 4 is 26.5 Å². The predicted molar refractivity (Wildman–Crippen MR) is 123 cm³/mol. The Morgan fingerprint density at radius 3 is 2.39 bits per heavy atom. The van der Waals surface area contributed by atoms with E-state index in [0.717, 1.165) is 35.0 Å². The molecule has 6 heteroatoms. The molecule has 31 heavy (non-hydrogen) atoms. The fourth-order valence-corrected chi connectivity index (χ4v) is 6.54. The number of aromatic nitrogens is 1. The molecule has 3 heterocycles. The van der Waals surface area contributed by atoms with Crippen molar-refractivity contribution in [2.45, 2.75) is 23.3 Å². The first-order valence-electron chi connectivity index (χ1n) is 10.6. The molecule has 1 fully saturated rings. The molecule has 1 spiro atoms. The molecule has 0 radical (unpaired) electrons. The highest BCUT2D eigenvalue weighted by atomic mass is 32.2. The molecule has 2 aliphatic heterocycles. The zero-order valence-electron chi connectivity index (χ0n) is 17.0. The van der Waals surface area contributed by atoms with Gasteiger partial charge in [0.25, 0.3) is 0 Å². The lowest BCUT2D eigenvalue weighted by atomic mass is 9.83. The zero-order valence-corrected chi connectivity index (χ0v) is 17.8. The maximum atomic E-state index is 13.4. The van der Waals surface area contributed by atoms with Gasteiger partial charge in [0, 0.05) is 25.0 Å². The van der Waals surface area contributed by atoms with Gasteiger partial charge in [-0.25, -0.2) is 8.42 Å². The number of hydrogen-bond donors (Lipinski definition) is 1. The van der Waals surface area contributed by atoms with E-state index in [4.69, 9.17) is 0 Å². The standard InChI is InChI=1S/C25H23N3O2S/c29-31(30,21-12-11-19-6-1-2-7-20(19)18-21)27-16-13-25(14-17-27)24-10-5-15-28(24)23-9-4-3-8-22(23)26-25/h1-12,15,18,26H,13-14,16-17H2. The van der Waals surface area contributed by atoms with E-state index in [-0.39, 0.29) is 5.54 Å². The van der Waals surface area contributed by atoms with Crippen LogP contribution in [0.5, 0.6) is 0 Å². The van der Waals surface area contributed by atoms with E-state index in [9.17, 15) is 8.42 Å². The fourth-order valence-electron chi connectivity index (χ4n) is 5.06. The summed E-state index contributed by atoms with van der Waals surface area (Å²) in [4.78, 5) is 0.368. The van der Waals surface area contributed by atoms with Crippen molar-refractivity contribution in [2.75, 3.05) is 18.4 Å². The highest BCUT2D eigenvalue weighted by molar-refractivity contribution is 7.89. The normalized spacial score (nSPS) is 17.8. The average molecular weight is 430 g/mol. The van der Waals surface area contributed by atoms with Crippen LogP contribution < -0.4 is 5.32 Å². The van der Waals surface area contributed by atoms with Gasteiger partial charge in [-0.3, -0.25) is 0 Å². The third-order valence-corrected chi connectivity index (χ3v) is 8.61. The Morgan fingerprint density at radius 2 is 1.55 bits per heavy atom. The third-order valence-electron chi connectivity index (χ3n) is 6.71. The van der Waals surface area contributed by atoms with Crippen LogP contribution in [0, 0.1) is 0 Å². The van der Waals surface area contributed by atoms with Crippen LogP contribution in [0.15, 0.2) is 90.0 Å². The average Bonchev–Trinajstić information content (AvgIpc) is 3.31. The Bertz CT molecular complexity index is 1400. The second-order valence-corrected chi connectivity index (χ2v) is 10.3. The van der Waals surface area contributed by atoms with Crippen molar-refractivity contribution in [1.82, 2.24) is 8.87 Å². The maximum Gasteiger partial charge on any atom is 0.243 e. The van der Waals surface area contributed by atoms with E-state index >= 15 is 0 Å². The molecular weight excluding hydrogens is 406 g/mol. The first-order valence-corrected chi connectivity index (χ1v) is 12.1. The molecule has 0 unspecified atom stereocenters. The second kappa shape index (κ2) is 6.70. The molecule has 0 amide bonds. The third kappa shape index (κ3) is 2.82. The summed E-state index contributed by atoms with van der Waals surface area (Å²) in [5.74, 6) is 0. The maximum absolute atomic E-state index is 13.4. The van der Waals surface area contributed by atoms with Gasteiger partial charge in [0.2, 0.25) is 10.0 Å². The molecule has 156 valence electrons. The molecule has 1 aromatic heterocycles. The van der Waals surface area contributed by atoms with E-state index in [2.05, 4.69) is 40.3 Å². The van der Waals surface area contributed by atoms with Gasteiger partial charge in [0.05, 0.1) is 21.8 Å². The highest BCUT2D eigenvalue weighted by Gasteiger charge is 2.43. The largest absolute Gasteiger partial charge is 0.372 e. The van der Waals surface area contributed by atoms with Gasteiger partial charge in [0.1, 0.15) is 0 Å². The second-order valence-electron chi connectivity index (χ2n) is 8.40. The Morgan fingerprint density at radius 1 is 0.806 bits per heavy atom. The first-order chi connectivity index (χ1) is 15.1. The van der Waals surface area contributed by atoms with Gasteiger partial charge < -0.3 is 9.88 Å². The van der Waals surface area contributed by atoms with Crippen molar-refractivity contribution in [2.24, 2.45) is 0 Å². The number of para-hydroxylation sites is 2. The van der Waals surface area contributed by atoms with Gasteiger partial charge in [0.15, 0.2) is 0 Å². The van der Waals surface area contributed by atoms with E-state index in [1.165, 1.54) is 5.69 Å². The number of nitrogens with zero attached hydrogens (tertiary/aromatic N) is 2. The van der Waals surface area contributed by atoms with Gasteiger partial charge >= 0.3 is 0 Å². The lowest BCUT2D eigenvalue weighted by molar-refractivity contribution is 0.247. The summed E-state index contributed by atoms with van der Waals surface area (Å²) < 4.78 is 30.7. The molecule has 4 aromatic rings. The topological polar surface area (TPSA) is 54.3 Å². The molecule has 6 rings (SSSR count). The predicted octanol–water partition coefficient (Wildman–Crippen LogP) is 4.74. The smallest absolute Gasteiger partial charge is 0.243 e. The number of nitrogens with one attached hydrogen (secondary N) is 1. The number of fused-ring (bicyclic) bond motifs is 5. The quantitative estimate of drug-likeness (QED) is 0.501. The van der Waals surface area contributed by atoms with Crippen molar-refractivity contribution in [3.63, 3.8) is 0 Å². The van der Waals surface area contributed by atoms with Gasteiger partial charge in [-0.15, -0.1) is 0 Å². The summed E-state index contributed by atoms with van der Waals surface area (Å²) in [5.41, 5.74) is 3.18. The zero-order chi connectivity index (χ0) is 21.1. The van der Waals surface area contributed by atoms with Crippen molar-refractivity contribution in [3.05, 3.63) is 90.8 Å². The van der Waals surface area contributed by atoms with Crippen LogP contribution in [-0.4, -0.2) is 30.4 Å². The lowest BCUT2D eigenvalue weighted by Crippen LogP contribution is -2.50. The fraction of sp³-hybridized carbons (Fsp3) is 0.200. The van der Waals surface area contributed by atoms with Crippen LogP contribution in [0.2, 0.25) is 0 Å². The minimum absolute atomic E-state index is 0.257. The molecule has 1 saturated heterocycles. The molecular formula is C25H23N3O2S.